The Morgan fingerprint density at radius 2 is 1.58 bits per heavy atom. The van der Waals surface area contributed by atoms with Crippen LogP contribution in [-0.2, 0) is 0 Å². The number of rotatable bonds is 4. The molecule has 1 aliphatic heterocycles. The zero-order chi connectivity index (χ0) is 17.8. The van der Waals surface area contributed by atoms with Crippen molar-refractivity contribution in [3.63, 3.8) is 0 Å². The molecular formula is C23H19ClN2. The molecule has 26 heavy (non-hydrogen) atoms. The summed E-state index contributed by atoms with van der Waals surface area (Å²) < 4.78 is 0. The Morgan fingerprint density at radius 3 is 2.31 bits per heavy atom. The fraction of sp³-hybridized carbons (Fsp3) is 0.0870. The van der Waals surface area contributed by atoms with Crippen LogP contribution in [-0.4, -0.2) is 5.71 Å². The van der Waals surface area contributed by atoms with Gasteiger partial charge < -0.3 is 0 Å². The average molecular weight is 359 g/mol. The monoisotopic (exact) mass is 358 g/mol. The quantitative estimate of drug-likeness (QED) is 0.529. The molecule has 0 spiro atoms. The lowest BCUT2D eigenvalue weighted by molar-refractivity contribution is 0.709. The van der Waals surface area contributed by atoms with Gasteiger partial charge in [0.2, 0.25) is 0 Å². The number of benzene rings is 3. The van der Waals surface area contributed by atoms with Gasteiger partial charge in [-0.2, -0.15) is 5.10 Å². The van der Waals surface area contributed by atoms with Gasteiger partial charge in [0.05, 0.1) is 17.4 Å². The zero-order valence-corrected chi connectivity index (χ0v) is 15.1. The van der Waals surface area contributed by atoms with E-state index in [-0.39, 0.29) is 6.04 Å². The van der Waals surface area contributed by atoms with E-state index in [0.29, 0.717) is 0 Å². The molecular weight excluding hydrogens is 340 g/mol. The molecule has 3 aromatic carbocycles. The van der Waals surface area contributed by atoms with Crippen LogP contribution in [0.25, 0.3) is 6.08 Å². The number of halogens is 1. The summed E-state index contributed by atoms with van der Waals surface area (Å²) in [5.74, 6) is 0. The Labute approximate surface area is 159 Å². The zero-order valence-electron chi connectivity index (χ0n) is 14.3. The number of allylic oxidation sites excluding steroid dienone is 1. The average Bonchev–Trinajstić information content (AvgIpc) is 3.12. The number of nitrogens with zero attached hydrogens (tertiary/aromatic N) is 2. The first-order chi connectivity index (χ1) is 12.8. The van der Waals surface area contributed by atoms with Crippen LogP contribution < -0.4 is 5.01 Å². The lowest BCUT2D eigenvalue weighted by atomic mass is 10.0. The van der Waals surface area contributed by atoms with Gasteiger partial charge in [0.1, 0.15) is 0 Å². The van der Waals surface area contributed by atoms with Gasteiger partial charge in [-0.25, -0.2) is 0 Å². The molecule has 1 atom stereocenters. The largest absolute Gasteiger partial charge is 0.257 e. The van der Waals surface area contributed by atoms with Gasteiger partial charge in [-0.1, -0.05) is 84.4 Å². The van der Waals surface area contributed by atoms with Crippen molar-refractivity contribution in [3.05, 3.63) is 107 Å². The van der Waals surface area contributed by atoms with E-state index in [9.17, 15) is 0 Å². The molecule has 0 bridgehead atoms. The van der Waals surface area contributed by atoms with Gasteiger partial charge in [0, 0.05) is 11.4 Å². The summed E-state index contributed by atoms with van der Waals surface area (Å²) in [7, 11) is 0. The predicted octanol–water partition coefficient (Wildman–Crippen LogP) is 6.36. The molecule has 3 heteroatoms. The molecule has 0 saturated heterocycles. The van der Waals surface area contributed by atoms with E-state index >= 15 is 0 Å². The highest BCUT2D eigenvalue weighted by Crippen LogP contribution is 2.36. The second-order valence-corrected chi connectivity index (χ2v) is 6.73. The lowest BCUT2D eigenvalue weighted by Crippen LogP contribution is -2.18. The van der Waals surface area contributed by atoms with Crippen LogP contribution in [0.15, 0.2) is 96.1 Å². The molecule has 4 rings (SSSR count). The Hall–Kier alpha value is -2.84. The molecule has 0 aromatic heterocycles. The van der Waals surface area contributed by atoms with Crippen molar-refractivity contribution >= 4 is 29.1 Å². The SMILES string of the molecule is Clc1cccc(N2N=C(/C=C/c3ccccc3)C[C@H]2c2ccccc2)c1. The minimum absolute atomic E-state index is 0.171. The molecule has 0 N–H and O–H groups in total. The first kappa shape index (κ1) is 16.6. The molecule has 0 saturated carbocycles. The predicted molar refractivity (Wildman–Crippen MR) is 111 cm³/mol. The highest BCUT2D eigenvalue weighted by molar-refractivity contribution is 6.30. The van der Waals surface area contributed by atoms with Crippen LogP contribution in [0, 0.1) is 0 Å². The van der Waals surface area contributed by atoms with E-state index in [0.717, 1.165) is 22.8 Å². The van der Waals surface area contributed by atoms with E-state index in [1.54, 1.807) is 0 Å². The number of hydrazone groups is 1. The fourth-order valence-corrected chi connectivity index (χ4v) is 3.37. The molecule has 2 nitrogen and oxygen atoms in total. The summed E-state index contributed by atoms with van der Waals surface area (Å²) in [6.45, 7) is 0. The van der Waals surface area contributed by atoms with Crippen LogP contribution >= 0.6 is 11.6 Å². The van der Waals surface area contributed by atoms with Crippen LogP contribution in [0.4, 0.5) is 5.69 Å². The summed E-state index contributed by atoms with van der Waals surface area (Å²) in [5.41, 5.74) is 4.49. The maximum atomic E-state index is 6.21. The maximum absolute atomic E-state index is 6.21. The maximum Gasteiger partial charge on any atom is 0.0831 e. The van der Waals surface area contributed by atoms with E-state index in [1.165, 1.54) is 11.1 Å². The smallest absolute Gasteiger partial charge is 0.0831 e. The van der Waals surface area contributed by atoms with Gasteiger partial charge in [-0.05, 0) is 35.4 Å². The Kier molecular flexibility index (Phi) is 4.85. The molecule has 1 aliphatic rings. The van der Waals surface area contributed by atoms with E-state index < -0.39 is 0 Å². The van der Waals surface area contributed by atoms with Crippen LogP contribution in [0.2, 0.25) is 5.02 Å². The normalized spacial score (nSPS) is 16.9. The molecule has 0 amide bonds. The molecule has 128 valence electrons. The lowest BCUT2D eigenvalue weighted by Gasteiger charge is -2.24. The molecule has 0 fully saturated rings. The first-order valence-electron chi connectivity index (χ1n) is 8.70. The standard InChI is InChI=1S/C23H19ClN2/c24-20-12-7-13-22(16-20)26-23(19-10-5-2-6-11-19)17-21(25-26)15-14-18-8-3-1-4-9-18/h1-16,23H,17H2/b15-14+/t23-/m0/s1. The van der Waals surface area contributed by atoms with Crippen molar-refractivity contribution in [1.29, 1.82) is 0 Å². The van der Waals surface area contributed by atoms with Crippen molar-refractivity contribution in [3.8, 4) is 0 Å². The highest BCUT2D eigenvalue weighted by atomic mass is 35.5. The molecule has 0 radical (unpaired) electrons. The summed E-state index contributed by atoms with van der Waals surface area (Å²) >= 11 is 6.21. The Morgan fingerprint density at radius 1 is 0.846 bits per heavy atom. The molecule has 3 aromatic rings. The summed E-state index contributed by atoms with van der Waals surface area (Å²) in [6, 6.07) is 28.8. The van der Waals surface area contributed by atoms with Crippen molar-refractivity contribution in [2.45, 2.75) is 12.5 Å². The van der Waals surface area contributed by atoms with Crippen molar-refractivity contribution in [1.82, 2.24) is 0 Å². The number of hydrogen-bond donors (Lipinski definition) is 0. The van der Waals surface area contributed by atoms with E-state index in [4.69, 9.17) is 16.7 Å². The third-order valence-corrected chi connectivity index (χ3v) is 4.69. The molecule has 0 unspecified atom stereocenters. The van der Waals surface area contributed by atoms with Gasteiger partial charge in [0.25, 0.3) is 0 Å². The Balaban J connectivity index is 1.66. The minimum atomic E-state index is 0.171. The van der Waals surface area contributed by atoms with Crippen LogP contribution in [0.3, 0.4) is 0 Å². The number of anilines is 1. The summed E-state index contributed by atoms with van der Waals surface area (Å²) in [4.78, 5) is 0. The highest BCUT2D eigenvalue weighted by Gasteiger charge is 2.28. The number of hydrogen-bond acceptors (Lipinski definition) is 2. The molecule has 0 aliphatic carbocycles. The summed E-state index contributed by atoms with van der Waals surface area (Å²) in [5, 5.41) is 7.67. The van der Waals surface area contributed by atoms with Gasteiger partial charge in [-0.3, -0.25) is 5.01 Å². The van der Waals surface area contributed by atoms with E-state index in [2.05, 4.69) is 59.6 Å². The van der Waals surface area contributed by atoms with E-state index in [1.807, 2.05) is 42.5 Å². The molecule has 1 heterocycles. The topological polar surface area (TPSA) is 15.6 Å². The van der Waals surface area contributed by atoms with Crippen molar-refractivity contribution < 1.29 is 0 Å². The third kappa shape index (κ3) is 3.71. The second-order valence-electron chi connectivity index (χ2n) is 6.29. The minimum Gasteiger partial charge on any atom is -0.257 e. The summed E-state index contributed by atoms with van der Waals surface area (Å²) in [6.07, 6.45) is 5.08. The Bertz CT molecular complexity index is 933. The van der Waals surface area contributed by atoms with Crippen molar-refractivity contribution in [2.24, 2.45) is 5.10 Å². The fourth-order valence-electron chi connectivity index (χ4n) is 3.18. The van der Waals surface area contributed by atoms with Crippen LogP contribution in [0.1, 0.15) is 23.6 Å². The first-order valence-corrected chi connectivity index (χ1v) is 9.08. The van der Waals surface area contributed by atoms with Gasteiger partial charge in [0.15, 0.2) is 0 Å². The van der Waals surface area contributed by atoms with Crippen LogP contribution in [0.5, 0.6) is 0 Å². The van der Waals surface area contributed by atoms with Gasteiger partial charge in [-0.15, -0.1) is 0 Å². The third-order valence-electron chi connectivity index (χ3n) is 4.46. The second kappa shape index (κ2) is 7.59. The van der Waals surface area contributed by atoms with Gasteiger partial charge >= 0.3 is 0 Å². The van der Waals surface area contributed by atoms with Crippen molar-refractivity contribution in [2.75, 3.05) is 5.01 Å².